The average Bonchev–Trinajstić information content (AvgIpc) is 2.91. The molecule has 1 saturated heterocycles. The summed E-state index contributed by atoms with van der Waals surface area (Å²) in [5.74, 6) is -1.52. The van der Waals surface area contributed by atoms with E-state index in [0.717, 1.165) is 4.90 Å². The van der Waals surface area contributed by atoms with Crippen LogP contribution < -0.4 is 0 Å². The van der Waals surface area contributed by atoms with Gasteiger partial charge in [0.15, 0.2) is 9.84 Å². The number of amides is 1. The van der Waals surface area contributed by atoms with Gasteiger partial charge in [0.1, 0.15) is 12.3 Å². The van der Waals surface area contributed by atoms with Gasteiger partial charge in [0.05, 0.1) is 23.3 Å². The van der Waals surface area contributed by atoms with E-state index in [9.17, 15) is 18.0 Å². The first-order chi connectivity index (χ1) is 9.30. The topological polar surface area (TPSA) is 105 Å². The fourth-order valence-corrected chi connectivity index (χ4v) is 4.03. The molecule has 2 heterocycles. The Morgan fingerprint density at radius 1 is 1.50 bits per heavy atom. The summed E-state index contributed by atoms with van der Waals surface area (Å²) in [4.78, 5) is 24.4. The molecule has 0 aromatic carbocycles. The minimum atomic E-state index is -3.20. The minimum absolute atomic E-state index is 0.0224. The Balaban J connectivity index is 2.27. The number of furan rings is 1. The van der Waals surface area contributed by atoms with Crippen LogP contribution in [0.3, 0.4) is 0 Å². The molecule has 1 aromatic heterocycles. The maximum Gasteiger partial charge on any atom is 0.323 e. The van der Waals surface area contributed by atoms with E-state index in [2.05, 4.69) is 0 Å². The van der Waals surface area contributed by atoms with Crippen LogP contribution in [0.15, 0.2) is 16.7 Å². The summed E-state index contributed by atoms with van der Waals surface area (Å²) in [5.41, 5.74) is 0.260. The van der Waals surface area contributed by atoms with E-state index in [4.69, 9.17) is 9.52 Å². The third-order valence-electron chi connectivity index (χ3n) is 3.30. The lowest BCUT2D eigenvalue weighted by molar-refractivity contribution is -0.138. The van der Waals surface area contributed by atoms with Crippen LogP contribution in [-0.2, 0) is 14.6 Å². The van der Waals surface area contributed by atoms with Crippen LogP contribution in [0.25, 0.3) is 0 Å². The van der Waals surface area contributed by atoms with Crippen molar-refractivity contribution in [2.24, 2.45) is 0 Å². The number of nitrogens with zero attached hydrogens (tertiary/aromatic N) is 1. The molecule has 1 atom stereocenters. The van der Waals surface area contributed by atoms with Gasteiger partial charge < -0.3 is 14.4 Å². The Bertz CT molecular complexity index is 632. The molecule has 7 nitrogen and oxygen atoms in total. The first kappa shape index (κ1) is 14.6. The van der Waals surface area contributed by atoms with Crippen molar-refractivity contribution < 1.29 is 27.5 Å². The highest BCUT2D eigenvalue weighted by molar-refractivity contribution is 7.91. The van der Waals surface area contributed by atoms with Gasteiger partial charge in [0.2, 0.25) is 0 Å². The summed E-state index contributed by atoms with van der Waals surface area (Å²) in [6, 6.07) is 0.855. The number of hydrogen-bond acceptors (Lipinski definition) is 5. The second-order valence-electron chi connectivity index (χ2n) is 4.77. The highest BCUT2D eigenvalue weighted by Crippen LogP contribution is 2.21. The van der Waals surface area contributed by atoms with Crippen LogP contribution in [0.2, 0.25) is 0 Å². The lowest BCUT2D eigenvalue weighted by Crippen LogP contribution is -2.44. The molecule has 1 unspecified atom stereocenters. The predicted octanol–water partition coefficient (Wildman–Crippen LogP) is 0.302. The van der Waals surface area contributed by atoms with E-state index < -0.39 is 34.3 Å². The predicted molar refractivity (Wildman–Crippen MR) is 69.2 cm³/mol. The van der Waals surface area contributed by atoms with Gasteiger partial charge in [-0.15, -0.1) is 0 Å². The molecule has 8 heteroatoms. The smallest absolute Gasteiger partial charge is 0.323 e. The lowest BCUT2D eigenvalue weighted by atomic mass is 10.1. The molecule has 0 radical (unpaired) electrons. The Kier molecular flexibility index (Phi) is 3.85. The van der Waals surface area contributed by atoms with Crippen molar-refractivity contribution in [1.29, 1.82) is 0 Å². The standard InChI is InChI=1S/C12H15NO6S/c1-8-10(2-4-19-8)12(16)13(6-11(14)15)9-3-5-20(17,18)7-9/h2,4,9H,3,5-7H2,1H3,(H,14,15). The maximum absolute atomic E-state index is 12.4. The lowest BCUT2D eigenvalue weighted by Gasteiger charge is -2.26. The van der Waals surface area contributed by atoms with Crippen LogP contribution >= 0.6 is 0 Å². The molecular formula is C12H15NO6S. The monoisotopic (exact) mass is 301 g/mol. The zero-order valence-electron chi connectivity index (χ0n) is 10.9. The molecule has 2 rings (SSSR count). The second kappa shape index (κ2) is 5.28. The van der Waals surface area contributed by atoms with E-state index in [-0.39, 0.29) is 23.5 Å². The molecule has 20 heavy (non-hydrogen) atoms. The van der Waals surface area contributed by atoms with Crippen molar-refractivity contribution in [2.75, 3.05) is 18.1 Å². The summed E-state index contributed by atoms with van der Waals surface area (Å²) in [6.07, 6.45) is 1.60. The molecular weight excluding hydrogens is 286 g/mol. The molecule has 1 aromatic rings. The molecule has 1 fully saturated rings. The Labute approximate surface area is 116 Å². The van der Waals surface area contributed by atoms with E-state index in [1.807, 2.05) is 0 Å². The normalized spacial score (nSPS) is 20.8. The molecule has 110 valence electrons. The molecule has 0 spiro atoms. The van der Waals surface area contributed by atoms with Gasteiger partial charge in [-0.25, -0.2) is 8.42 Å². The highest BCUT2D eigenvalue weighted by atomic mass is 32.2. The summed E-state index contributed by atoms with van der Waals surface area (Å²) in [7, 11) is -3.20. The number of rotatable bonds is 4. The van der Waals surface area contributed by atoms with E-state index in [1.165, 1.54) is 12.3 Å². The molecule has 1 N–H and O–H groups in total. The van der Waals surface area contributed by atoms with Gasteiger partial charge in [0.25, 0.3) is 5.91 Å². The van der Waals surface area contributed by atoms with E-state index in [1.54, 1.807) is 6.92 Å². The van der Waals surface area contributed by atoms with Crippen molar-refractivity contribution in [3.05, 3.63) is 23.7 Å². The molecule has 1 amide bonds. The van der Waals surface area contributed by atoms with E-state index >= 15 is 0 Å². The van der Waals surface area contributed by atoms with Crippen LogP contribution in [-0.4, -0.2) is 54.4 Å². The van der Waals surface area contributed by atoms with Crippen LogP contribution in [0.1, 0.15) is 22.5 Å². The van der Waals surface area contributed by atoms with Gasteiger partial charge in [-0.1, -0.05) is 0 Å². The molecule has 1 aliphatic heterocycles. The quantitative estimate of drug-likeness (QED) is 0.857. The number of carbonyl (C=O) groups is 2. The SMILES string of the molecule is Cc1occc1C(=O)N(CC(=O)O)C1CCS(=O)(=O)C1. The average molecular weight is 301 g/mol. The van der Waals surface area contributed by atoms with Crippen molar-refractivity contribution in [2.45, 2.75) is 19.4 Å². The zero-order valence-corrected chi connectivity index (χ0v) is 11.7. The Morgan fingerprint density at radius 3 is 2.65 bits per heavy atom. The molecule has 0 saturated carbocycles. The molecule has 0 bridgehead atoms. The third-order valence-corrected chi connectivity index (χ3v) is 5.06. The first-order valence-corrected chi connectivity index (χ1v) is 7.89. The zero-order chi connectivity index (χ0) is 14.9. The van der Waals surface area contributed by atoms with Gasteiger partial charge in [-0.2, -0.15) is 0 Å². The Hall–Kier alpha value is -1.83. The summed E-state index contributed by atoms with van der Waals surface area (Å²) < 4.78 is 28.0. The largest absolute Gasteiger partial charge is 0.480 e. The number of aliphatic carboxylic acids is 1. The highest BCUT2D eigenvalue weighted by Gasteiger charge is 2.36. The third kappa shape index (κ3) is 3.01. The molecule has 0 aliphatic carbocycles. The summed E-state index contributed by atoms with van der Waals surface area (Å²) in [5, 5.41) is 8.92. The number of carboxylic acids is 1. The number of carboxylic acid groups (broad SMARTS) is 1. The van der Waals surface area contributed by atoms with Gasteiger partial charge >= 0.3 is 5.97 Å². The summed E-state index contributed by atoms with van der Waals surface area (Å²) in [6.45, 7) is 1.07. The summed E-state index contributed by atoms with van der Waals surface area (Å²) >= 11 is 0. The molecule has 1 aliphatic rings. The van der Waals surface area contributed by atoms with Gasteiger partial charge in [-0.05, 0) is 19.4 Å². The van der Waals surface area contributed by atoms with Gasteiger partial charge in [0, 0.05) is 6.04 Å². The minimum Gasteiger partial charge on any atom is -0.480 e. The number of carbonyl (C=O) groups excluding carboxylic acids is 1. The maximum atomic E-state index is 12.4. The first-order valence-electron chi connectivity index (χ1n) is 6.07. The van der Waals surface area contributed by atoms with Crippen LogP contribution in [0.5, 0.6) is 0 Å². The fraction of sp³-hybridized carbons (Fsp3) is 0.500. The van der Waals surface area contributed by atoms with Crippen molar-refractivity contribution in [3.8, 4) is 0 Å². The van der Waals surface area contributed by atoms with Crippen LogP contribution in [0.4, 0.5) is 0 Å². The fourth-order valence-electron chi connectivity index (χ4n) is 2.30. The number of hydrogen-bond donors (Lipinski definition) is 1. The second-order valence-corrected chi connectivity index (χ2v) is 7.00. The van der Waals surface area contributed by atoms with E-state index in [0.29, 0.717) is 5.76 Å². The van der Waals surface area contributed by atoms with Gasteiger partial charge in [-0.3, -0.25) is 9.59 Å². The number of aryl methyl sites for hydroxylation is 1. The van der Waals surface area contributed by atoms with Crippen molar-refractivity contribution >= 4 is 21.7 Å². The number of sulfone groups is 1. The van der Waals surface area contributed by atoms with Crippen molar-refractivity contribution in [3.63, 3.8) is 0 Å². The Morgan fingerprint density at radius 2 is 2.20 bits per heavy atom. The van der Waals surface area contributed by atoms with Crippen molar-refractivity contribution in [1.82, 2.24) is 4.90 Å². The van der Waals surface area contributed by atoms with Crippen LogP contribution in [0, 0.1) is 6.92 Å².